The highest BCUT2D eigenvalue weighted by molar-refractivity contribution is 5.95. The maximum atomic E-state index is 14.5. The smallest absolute Gasteiger partial charge is 0.257 e. The molecule has 4 nitrogen and oxygen atoms in total. The van der Waals surface area contributed by atoms with Crippen molar-refractivity contribution in [1.82, 2.24) is 9.80 Å². The van der Waals surface area contributed by atoms with E-state index in [-0.39, 0.29) is 29.5 Å². The minimum Gasteiger partial charge on any atom is -0.469 e. The van der Waals surface area contributed by atoms with Gasteiger partial charge >= 0.3 is 0 Å². The van der Waals surface area contributed by atoms with Gasteiger partial charge in [-0.05, 0) is 80.6 Å². The lowest BCUT2D eigenvalue weighted by Crippen LogP contribution is -2.47. The Labute approximate surface area is 193 Å². The summed E-state index contributed by atoms with van der Waals surface area (Å²) in [6.07, 6.45) is 3.80. The first kappa shape index (κ1) is 23.2. The van der Waals surface area contributed by atoms with Crippen LogP contribution >= 0.6 is 0 Å². The van der Waals surface area contributed by atoms with Crippen molar-refractivity contribution in [3.05, 3.63) is 94.9 Å². The van der Waals surface area contributed by atoms with Gasteiger partial charge in [0, 0.05) is 19.6 Å². The highest BCUT2D eigenvalue weighted by atomic mass is 19.1. The summed E-state index contributed by atoms with van der Waals surface area (Å²) in [5, 5.41) is 0. The molecule has 1 aromatic heterocycles. The number of carbonyl (C=O) groups excluding carboxylic acids is 1. The summed E-state index contributed by atoms with van der Waals surface area (Å²) in [6, 6.07) is 15.0. The molecule has 33 heavy (non-hydrogen) atoms. The number of carbonyl (C=O) groups is 1. The van der Waals surface area contributed by atoms with Crippen LogP contribution in [0.4, 0.5) is 8.78 Å². The minimum absolute atomic E-state index is 0.101. The highest BCUT2D eigenvalue weighted by Gasteiger charge is 2.33. The predicted molar refractivity (Wildman–Crippen MR) is 124 cm³/mol. The quantitative estimate of drug-likeness (QED) is 0.478. The summed E-state index contributed by atoms with van der Waals surface area (Å²) in [4.78, 5) is 17.4. The fraction of sp³-hybridized carbons (Fsp3) is 0.370. The normalized spacial score (nSPS) is 16.0. The summed E-state index contributed by atoms with van der Waals surface area (Å²) in [6.45, 7) is 4.31. The fourth-order valence-corrected chi connectivity index (χ4v) is 4.80. The molecule has 0 spiro atoms. The number of rotatable bonds is 7. The van der Waals surface area contributed by atoms with Crippen molar-refractivity contribution in [3.8, 4) is 0 Å². The Morgan fingerprint density at radius 3 is 2.42 bits per heavy atom. The molecule has 0 N–H and O–H groups in total. The van der Waals surface area contributed by atoms with Crippen LogP contribution in [0, 0.1) is 24.5 Å². The number of nitrogens with zero attached hydrogens (tertiary/aromatic N) is 2. The largest absolute Gasteiger partial charge is 0.469 e. The molecule has 0 radical (unpaired) electrons. The number of amides is 1. The second-order valence-corrected chi connectivity index (χ2v) is 8.91. The minimum atomic E-state index is -0.239. The highest BCUT2D eigenvalue weighted by Crippen LogP contribution is 2.29. The molecule has 1 atom stereocenters. The molecule has 4 rings (SSSR count). The van der Waals surface area contributed by atoms with Gasteiger partial charge < -0.3 is 9.32 Å². The van der Waals surface area contributed by atoms with E-state index in [2.05, 4.69) is 4.90 Å². The molecular weight excluding hydrogens is 422 g/mol. The number of halogens is 2. The summed E-state index contributed by atoms with van der Waals surface area (Å²) in [5.41, 5.74) is 2.25. The van der Waals surface area contributed by atoms with Crippen LogP contribution in [-0.4, -0.2) is 41.9 Å². The van der Waals surface area contributed by atoms with E-state index in [9.17, 15) is 13.6 Å². The van der Waals surface area contributed by atoms with Gasteiger partial charge in [0.05, 0.1) is 11.8 Å². The third kappa shape index (κ3) is 5.50. The summed E-state index contributed by atoms with van der Waals surface area (Å²) >= 11 is 0. The molecule has 1 amide bonds. The van der Waals surface area contributed by atoms with E-state index >= 15 is 0 Å². The van der Waals surface area contributed by atoms with Crippen molar-refractivity contribution in [1.29, 1.82) is 0 Å². The number of aryl methyl sites for hydroxylation is 1. The van der Waals surface area contributed by atoms with Crippen LogP contribution in [0.1, 0.15) is 40.1 Å². The number of piperidine rings is 1. The Bertz CT molecular complexity index is 1070. The first-order valence-electron chi connectivity index (χ1n) is 11.4. The Kier molecular flexibility index (Phi) is 7.23. The molecule has 1 aliphatic rings. The van der Waals surface area contributed by atoms with Crippen LogP contribution < -0.4 is 0 Å². The summed E-state index contributed by atoms with van der Waals surface area (Å²) in [7, 11) is 1.81. The molecule has 0 aliphatic carbocycles. The molecule has 3 aromatic rings. The van der Waals surface area contributed by atoms with Gasteiger partial charge in [-0.15, -0.1) is 0 Å². The van der Waals surface area contributed by atoms with Gasteiger partial charge in [0.15, 0.2) is 0 Å². The third-order valence-electron chi connectivity index (χ3n) is 6.79. The topological polar surface area (TPSA) is 36.7 Å². The predicted octanol–water partition coefficient (Wildman–Crippen LogP) is 5.46. The van der Waals surface area contributed by atoms with Crippen LogP contribution in [-0.2, 0) is 13.0 Å². The number of hydrogen-bond acceptors (Lipinski definition) is 3. The summed E-state index contributed by atoms with van der Waals surface area (Å²) < 4.78 is 33.0. The maximum absolute atomic E-state index is 14.5. The molecule has 1 saturated heterocycles. The molecule has 1 fully saturated rings. The second kappa shape index (κ2) is 10.3. The van der Waals surface area contributed by atoms with Gasteiger partial charge in [-0.1, -0.05) is 30.3 Å². The Balaban J connectivity index is 1.48. The fourth-order valence-electron chi connectivity index (χ4n) is 4.80. The molecule has 0 bridgehead atoms. The molecule has 2 aromatic carbocycles. The molecule has 2 heterocycles. The Morgan fingerprint density at radius 2 is 1.79 bits per heavy atom. The third-order valence-corrected chi connectivity index (χ3v) is 6.79. The number of likely N-dealkylation sites (N-methyl/N-ethyl adjacent to an activating group) is 1. The van der Waals surface area contributed by atoms with Crippen LogP contribution in [0.5, 0.6) is 0 Å². The van der Waals surface area contributed by atoms with Gasteiger partial charge in [0.1, 0.15) is 17.4 Å². The van der Waals surface area contributed by atoms with Crippen molar-refractivity contribution in [2.75, 3.05) is 20.1 Å². The Hall–Kier alpha value is -2.99. The molecular formula is C27H30F2N2O2. The molecule has 0 saturated carbocycles. The van der Waals surface area contributed by atoms with E-state index in [0.29, 0.717) is 23.3 Å². The van der Waals surface area contributed by atoms with Crippen molar-refractivity contribution >= 4 is 5.91 Å². The van der Waals surface area contributed by atoms with E-state index in [4.69, 9.17) is 4.42 Å². The lowest BCUT2D eigenvalue weighted by atomic mass is 9.84. The number of benzene rings is 2. The second-order valence-electron chi connectivity index (χ2n) is 8.91. The van der Waals surface area contributed by atoms with Crippen LogP contribution in [0.3, 0.4) is 0 Å². The number of furan rings is 1. The monoisotopic (exact) mass is 452 g/mol. The first-order valence-corrected chi connectivity index (χ1v) is 11.4. The van der Waals surface area contributed by atoms with Crippen molar-refractivity contribution in [2.45, 2.75) is 38.8 Å². The van der Waals surface area contributed by atoms with Crippen LogP contribution in [0.15, 0.2) is 65.3 Å². The van der Waals surface area contributed by atoms with E-state index in [0.717, 1.165) is 38.0 Å². The molecule has 0 unspecified atom stereocenters. The van der Waals surface area contributed by atoms with Gasteiger partial charge in [-0.2, -0.15) is 0 Å². The van der Waals surface area contributed by atoms with Gasteiger partial charge in [-0.3, -0.25) is 9.69 Å². The standard InChI is InChI=1S/C27H30F2N2O2/c1-19-24(13-16-33-19)27(32)30(2)26(17-22-5-3-4-6-25(22)29)21-11-14-31(15-12-21)18-20-7-9-23(28)10-8-20/h3-10,13,16,21,26H,11-12,14-15,17-18H2,1-2H3/t26-/m0/s1. The maximum Gasteiger partial charge on any atom is 0.257 e. The van der Waals surface area contributed by atoms with E-state index in [1.807, 2.05) is 25.2 Å². The lowest BCUT2D eigenvalue weighted by molar-refractivity contribution is 0.0581. The molecule has 174 valence electrons. The van der Waals surface area contributed by atoms with Crippen LogP contribution in [0.2, 0.25) is 0 Å². The number of hydrogen-bond donors (Lipinski definition) is 0. The van der Waals surface area contributed by atoms with Crippen LogP contribution in [0.25, 0.3) is 0 Å². The SMILES string of the molecule is Cc1occc1C(=O)N(C)[C@@H](Cc1ccccc1F)C1CCN(Cc2ccc(F)cc2)CC1. The first-order chi connectivity index (χ1) is 15.9. The Morgan fingerprint density at radius 1 is 1.09 bits per heavy atom. The molecule has 1 aliphatic heterocycles. The van der Waals surface area contributed by atoms with Gasteiger partial charge in [-0.25, -0.2) is 8.78 Å². The van der Waals surface area contributed by atoms with Crippen molar-refractivity contribution in [2.24, 2.45) is 5.92 Å². The van der Waals surface area contributed by atoms with E-state index in [1.54, 1.807) is 30.0 Å². The zero-order valence-electron chi connectivity index (χ0n) is 19.1. The zero-order chi connectivity index (χ0) is 23.4. The van der Waals surface area contributed by atoms with E-state index < -0.39 is 0 Å². The molecule has 6 heteroatoms. The number of likely N-dealkylation sites (tertiary alicyclic amines) is 1. The van der Waals surface area contributed by atoms with Gasteiger partial charge in [0.25, 0.3) is 5.91 Å². The van der Waals surface area contributed by atoms with E-state index in [1.165, 1.54) is 24.5 Å². The average Bonchev–Trinajstić information content (AvgIpc) is 3.25. The summed E-state index contributed by atoms with van der Waals surface area (Å²) in [5.74, 6) is 0.266. The zero-order valence-corrected chi connectivity index (χ0v) is 19.1. The van der Waals surface area contributed by atoms with Gasteiger partial charge in [0.2, 0.25) is 0 Å². The van der Waals surface area contributed by atoms with Crippen molar-refractivity contribution in [3.63, 3.8) is 0 Å². The average molecular weight is 453 g/mol. The lowest BCUT2D eigenvalue weighted by Gasteiger charge is -2.40. The van der Waals surface area contributed by atoms with Crippen molar-refractivity contribution < 1.29 is 18.0 Å².